The van der Waals surface area contributed by atoms with Crippen molar-refractivity contribution in [1.29, 1.82) is 5.26 Å². The molecular weight excluding hydrogens is 248 g/mol. The average Bonchev–Trinajstić information content (AvgIpc) is 2.83. The minimum atomic E-state index is -0.754. The lowest BCUT2D eigenvalue weighted by atomic mass is 10.3. The number of nitriles is 1. The maximum Gasteiger partial charge on any atom is 0.371 e. The maximum absolute atomic E-state index is 11.3. The molecule has 0 radical (unpaired) electrons. The quantitative estimate of drug-likeness (QED) is 0.394. The van der Waals surface area contributed by atoms with Crippen molar-refractivity contribution in [1.82, 2.24) is 9.80 Å². The van der Waals surface area contributed by atoms with Gasteiger partial charge in [0.2, 0.25) is 0 Å². The third kappa shape index (κ3) is 4.50. The molecule has 7 nitrogen and oxygen atoms in total. The minimum absolute atomic E-state index is 0.203. The number of oxime groups is 1. The van der Waals surface area contributed by atoms with Gasteiger partial charge in [-0.25, -0.2) is 4.79 Å². The zero-order valence-corrected chi connectivity index (χ0v) is 11.6. The number of ether oxygens (including phenoxy) is 1. The predicted molar refractivity (Wildman–Crippen MR) is 69.0 cm³/mol. The molecule has 0 amide bonds. The third-order valence-corrected chi connectivity index (χ3v) is 2.88. The van der Waals surface area contributed by atoms with Gasteiger partial charge < -0.3 is 9.57 Å². The predicted octanol–water partition coefficient (Wildman–Crippen LogP) is 0.387. The van der Waals surface area contributed by atoms with E-state index in [2.05, 4.69) is 19.7 Å². The van der Waals surface area contributed by atoms with Gasteiger partial charge in [0.05, 0.1) is 12.8 Å². The van der Waals surface area contributed by atoms with Gasteiger partial charge in [0.1, 0.15) is 6.07 Å². The second kappa shape index (κ2) is 7.71. The molecule has 0 aliphatic carbocycles. The molecule has 1 rings (SSSR count). The van der Waals surface area contributed by atoms with Crippen LogP contribution < -0.4 is 0 Å². The Hall–Kier alpha value is -1.65. The van der Waals surface area contributed by atoms with Gasteiger partial charge in [-0.15, -0.1) is 0 Å². The highest BCUT2D eigenvalue weighted by molar-refractivity contribution is 6.42. The summed E-state index contributed by atoms with van der Waals surface area (Å²) in [5, 5.41) is 12.3. The zero-order chi connectivity index (χ0) is 14.3. The van der Waals surface area contributed by atoms with Crippen molar-refractivity contribution in [2.45, 2.75) is 25.9 Å². The fourth-order valence-corrected chi connectivity index (χ4v) is 2.01. The van der Waals surface area contributed by atoms with E-state index < -0.39 is 5.97 Å². The summed E-state index contributed by atoms with van der Waals surface area (Å²) in [5.74, 6) is -0.754. The Labute approximate surface area is 113 Å². The SMILES string of the molecule is CCOC(=O)C(C#N)=NOCN1CCCC1N(C)C. The fourth-order valence-electron chi connectivity index (χ4n) is 2.01. The van der Waals surface area contributed by atoms with Crippen LogP contribution in [0.5, 0.6) is 0 Å². The Balaban J connectivity index is 2.47. The Morgan fingerprint density at radius 2 is 2.32 bits per heavy atom. The lowest BCUT2D eigenvalue weighted by molar-refractivity contribution is -0.135. The van der Waals surface area contributed by atoms with E-state index >= 15 is 0 Å². The van der Waals surface area contributed by atoms with Crippen LogP contribution in [0.2, 0.25) is 0 Å². The lowest BCUT2D eigenvalue weighted by Crippen LogP contribution is -2.41. The van der Waals surface area contributed by atoms with Crippen molar-refractivity contribution < 1.29 is 14.4 Å². The first-order chi connectivity index (χ1) is 9.10. The summed E-state index contributed by atoms with van der Waals surface area (Å²) in [6.45, 7) is 3.04. The van der Waals surface area contributed by atoms with Crippen LogP contribution in [0.3, 0.4) is 0 Å². The summed E-state index contributed by atoms with van der Waals surface area (Å²) in [7, 11) is 4.01. The Morgan fingerprint density at radius 1 is 1.58 bits per heavy atom. The zero-order valence-electron chi connectivity index (χ0n) is 11.6. The van der Waals surface area contributed by atoms with Crippen LogP contribution in [-0.4, -0.2) is 61.6 Å². The van der Waals surface area contributed by atoms with Crippen molar-refractivity contribution >= 4 is 11.7 Å². The number of nitrogens with zero attached hydrogens (tertiary/aromatic N) is 4. The first kappa shape index (κ1) is 15.4. The van der Waals surface area contributed by atoms with E-state index in [0.717, 1.165) is 19.4 Å². The number of carbonyl (C=O) groups is 1. The molecule has 0 aromatic rings. The third-order valence-electron chi connectivity index (χ3n) is 2.88. The first-order valence-corrected chi connectivity index (χ1v) is 6.27. The van der Waals surface area contributed by atoms with Crippen LogP contribution in [-0.2, 0) is 14.4 Å². The molecule has 0 saturated carbocycles. The highest BCUT2D eigenvalue weighted by atomic mass is 16.6. The van der Waals surface area contributed by atoms with Gasteiger partial charge >= 0.3 is 5.97 Å². The van der Waals surface area contributed by atoms with Gasteiger partial charge in [0.15, 0.2) is 6.73 Å². The van der Waals surface area contributed by atoms with E-state index in [1.807, 2.05) is 14.1 Å². The molecule has 1 heterocycles. The molecule has 1 saturated heterocycles. The summed E-state index contributed by atoms with van der Waals surface area (Å²) in [5.41, 5.74) is -0.359. The van der Waals surface area contributed by atoms with Gasteiger partial charge in [-0.3, -0.25) is 9.80 Å². The highest BCUT2D eigenvalue weighted by Gasteiger charge is 2.26. The molecule has 0 aromatic carbocycles. The summed E-state index contributed by atoms with van der Waals surface area (Å²) < 4.78 is 4.68. The fraction of sp³-hybridized carbons (Fsp3) is 0.750. The molecular formula is C12H20N4O3. The van der Waals surface area contributed by atoms with Crippen LogP contribution in [0, 0.1) is 11.3 Å². The molecule has 1 atom stereocenters. The first-order valence-electron chi connectivity index (χ1n) is 6.27. The van der Waals surface area contributed by atoms with Crippen LogP contribution in [0.4, 0.5) is 0 Å². The normalized spacial score (nSPS) is 20.4. The largest absolute Gasteiger partial charge is 0.461 e. The van der Waals surface area contributed by atoms with E-state index in [4.69, 9.17) is 10.1 Å². The van der Waals surface area contributed by atoms with Crippen LogP contribution in [0.1, 0.15) is 19.8 Å². The van der Waals surface area contributed by atoms with Crippen molar-refractivity contribution in [2.24, 2.45) is 5.16 Å². The van der Waals surface area contributed by atoms with Gasteiger partial charge in [0.25, 0.3) is 5.71 Å². The summed E-state index contributed by atoms with van der Waals surface area (Å²) in [6, 6.07) is 1.67. The van der Waals surface area contributed by atoms with Crippen molar-refractivity contribution in [2.75, 3.05) is 34.0 Å². The summed E-state index contributed by atoms with van der Waals surface area (Å²) >= 11 is 0. The van der Waals surface area contributed by atoms with E-state index in [1.165, 1.54) is 0 Å². The molecule has 1 unspecified atom stereocenters. The molecule has 1 aliphatic heterocycles. The maximum atomic E-state index is 11.3. The van der Waals surface area contributed by atoms with Crippen LogP contribution >= 0.6 is 0 Å². The summed E-state index contributed by atoms with van der Waals surface area (Å²) in [4.78, 5) is 20.6. The number of esters is 1. The highest BCUT2D eigenvalue weighted by Crippen LogP contribution is 2.18. The number of carbonyl (C=O) groups excluding carboxylic acids is 1. The molecule has 0 N–H and O–H groups in total. The average molecular weight is 268 g/mol. The smallest absolute Gasteiger partial charge is 0.371 e. The number of rotatable bonds is 6. The Morgan fingerprint density at radius 3 is 2.89 bits per heavy atom. The van der Waals surface area contributed by atoms with Gasteiger partial charge in [0, 0.05) is 6.54 Å². The number of likely N-dealkylation sites (tertiary alicyclic amines) is 1. The van der Waals surface area contributed by atoms with E-state index in [9.17, 15) is 4.79 Å². The Bertz CT molecular complexity index is 376. The van der Waals surface area contributed by atoms with Crippen molar-refractivity contribution in [3.05, 3.63) is 0 Å². The molecule has 106 valence electrons. The van der Waals surface area contributed by atoms with Gasteiger partial charge in [-0.05, 0) is 33.9 Å². The number of hydrogen-bond donors (Lipinski definition) is 0. The van der Waals surface area contributed by atoms with E-state index in [1.54, 1.807) is 13.0 Å². The minimum Gasteiger partial charge on any atom is -0.461 e. The van der Waals surface area contributed by atoms with E-state index in [0.29, 0.717) is 6.17 Å². The second-order valence-electron chi connectivity index (χ2n) is 4.43. The number of hydrogen-bond acceptors (Lipinski definition) is 7. The molecule has 0 spiro atoms. The van der Waals surface area contributed by atoms with Gasteiger partial charge in [-0.1, -0.05) is 5.16 Å². The van der Waals surface area contributed by atoms with Crippen LogP contribution in [0.15, 0.2) is 5.16 Å². The van der Waals surface area contributed by atoms with Crippen molar-refractivity contribution in [3.8, 4) is 6.07 Å². The lowest BCUT2D eigenvalue weighted by Gasteiger charge is -2.28. The molecule has 1 fully saturated rings. The summed E-state index contributed by atoms with van der Waals surface area (Å²) in [6.07, 6.45) is 2.48. The van der Waals surface area contributed by atoms with E-state index in [-0.39, 0.29) is 19.0 Å². The molecule has 19 heavy (non-hydrogen) atoms. The standard InChI is InChI=1S/C12H20N4O3/c1-4-18-12(17)10(8-13)14-19-9-16-7-5-6-11(16)15(2)3/h11H,4-7,9H2,1-3H3. The monoisotopic (exact) mass is 268 g/mol. The topological polar surface area (TPSA) is 78.2 Å². The van der Waals surface area contributed by atoms with Crippen molar-refractivity contribution in [3.63, 3.8) is 0 Å². The molecule has 7 heteroatoms. The van der Waals surface area contributed by atoms with Crippen LogP contribution in [0.25, 0.3) is 0 Å². The Kier molecular flexibility index (Phi) is 6.25. The molecule has 1 aliphatic rings. The second-order valence-corrected chi connectivity index (χ2v) is 4.43. The molecule has 0 aromatic heterocycles. The molecule has 0 bridgehead atoms. The van der Waals surface area contributed by atoms with Gasteiger partial charge in [-0.2, -0.15) is 5.26 Å².